The van der Waals surface area contributed by atoms with E-state index < -0.39 is 31.5 Å². The molecule has 0 aliphatic rings. The Labute approximate surface area is 191 Å². The minimum atomic E-state index is -4.81. The lowest BCUT2D eigenvalue weighted by molar-refractivity contribution is -0.137. The molecule has 0 saturated heterocycles. The second-order valence-electron chi connectivity index (χ2n) is 6.35. The van der Waals surface area contributed by atoms with Crippen molar-refractivity contribution in [3.8, 4) is 11.4 Å². The van der Waals surface area contributed by atoms with Gasteiger partial charge in [0.15, 0.2) is 4.77 Å². The first-order chi connectivity index (χ1) is 15.1. The molecular weight excluding hydrogens is 491 g/mol. The molecule has 0 aliphatic heterocycles. The van der Waals surface area contributed by atoms with Crippen molar-refractivity contribution in [3.05, 3.63) is 58.1 Å². The number of nitrogens with zero attached hydrogens (tertiary/aromatic N) is 2. The molecule has 0 saturated carbocycles. The van der Waals surface area contributed by atoms with E-state index in [2.05, 4.69) is 10.2 Å². The lowest BCUT2D eigenvalue weighted by atomic mass is 10.2. The summed E-state index contributed by atoms with van der Waals surface area (Å²) in [5, 5.41) is 5.81. The van der Waals surface area contributed by atoms with Gasteiger partial charge >= 0.3 is 6.18 Å². The van der Waals surface area contributed by atoms with Crippen LogP contribution in [0.4, 0.5) is 13.2 Å². The van der Waals surface area contributed by atoms with Crippen LogP contribution in [0.2, 0.25) is 5.02 Å². The van der Waals surface area contributed by atoms with Crippen molar-refractivity contribution in [2.45, 2.75) is 22.9 Å². The van der Waals surface area contributed by atoms with Crippen molar-refractivity contribution >= 4 is 33.7 Å². The van der Waals surface area contributed by atoms with Crippen molar-refractivity contribution in [3.63, 3.8) is 0 Å². The van der Waals surface area contributed by atoms with Gasteiger partial charge in [0.1, 0.15) is 18.7 Å². The summed E-state index contributed by atoms with van der Waals surface area (Å²) in [4.78, 5) is -0.819. The molecule has 1 aromatic heterocycles. The molecule has 0 aliphatic carbocycles. The molecule has 13 heteroatoms. The molecule has 0 amide bonds. The van der Waals surface area contributed by atoms with Crippen molar-refractivity contribution in [1.29, 1.82) is 0 Å². The molecule has 32 heavy (non-hydrogen) atoms. The minimum Gasteiger partial charge on any atom is -0.489 e. The quantitative estimate of drug-likeness (QED) is 0.346. The molecule has 0 radical (unpaired) electrons. The Morgan fingerprint density at radius 1 is 1.16 bits per heavy atom. The monoisotopic (exact) mass is 507 g/mol. The number of aromatic nitrogens is 3. The van der Waals surface area contributed by atoms with Crippen LogP contribution < -0.4 is 4.74 Å². The highest BCUT2D eigenvalue weighted by atomic mass is 35.5. The number of H-pyrrole nitrogens is 1. The summed E-state index contributed by atoms with van der Waals surface area (Å²) in [6.45, 7) is 2.63. The summed E-state index contributed by atoms with van der Waals surface area (Å²) >= 11 is 10.8. The van der Waals surface area contributed by atoms with Gasteiger partial charge in [0.05, 0.1) is 32.7 Å². The maximum atomic E-state index is 13.2. The summed E-state index contributed by atoms with van der Waals surface area (Å²) in [7, 11) is -4.32. The molecule has 7 nitrogen and oxygen atoms in total. The van der Waals surface area contributed by atoms with E-state index in [1.165, 1.54) is 29.1 Å². The number of halogens is 4. The van der Waals surface area contributed by atoms with Gasteiger partial charge in [-0.1, -0.05) is 11.6 Å². The molecule has 3 rings (SSSR count). The third kappa shape index (κ3) is 5.14. The Kier molecular flexibility index (Phi) is 7.28. The third-order valence-electron chi connectivity index (χ3n) is 4.30. The first-order valence-corrected chi connectivity index (χ1v) is 11.4. The largest absolute Gasteiger partial charge is 0.489 e. The van der Waals surface area contributed by atoms with Crippen LogP contribution >= 0.6 is 23.8 Å². The Morgan fingerprint density at radius 2 is 1.84 bits per heavy atom. The van der Waals surface area contributed by atoms with Crippen LogP contribution in [0, 0.1) is 4.77 Å². The molecule has 3 aromatic rings. The molecular formula is C19H17ClF3N3O4S2. The number of benzene rings is 2. The SMILES string of the molecule is CCOCCOc1cc(S(=O)(=O)c2ccc(Cl)c(C(F)(F)F)c2)ccc1-n1cn[nH]c1=S. The van der Waals surface area contributed by atoms with Gasteiger partial charge in [0.2, 0.25) is 9.84 Å². The molecule has 0 unspecified atom stereocenters. The normalized spacial score (nSPS) is 12.2. The van der Waals surface area contributed by atoms with Crippen LogP contribution in [-0.4, -0.2) is 43.0 Å². The zero-order valence-corrected chi connectivity index (χ0v) is 18.9. The number of ether oxygens (including phenoxy) is 2. The number of nitrogens with one attached hydrogen (secondary N) is 1. The highest BCUT2D eigenvalue weighted by molar-refractivity contribution is 7.91. The number of hydrogen-bond donors (Lipinski definition) is 1. The van der Waals surface area contributed by atoms with Gasteiger partial charge in [-0.15, -0.1) is 0 Å². The maximum Gasteiger partial charge on any atom is 0.417 e. The summed E-state index contributed by atoms with van der Waals surface area (Å²) in [5.74, 6) is 0.133. The standard InChI is InChI=1S/C19H17ClF3N3O4S2/c1-2-29-7-8-30-17-10-13(4-6-16(17)26-11-24-25-18(26)31)32(27,28)12-3-5-15(20)14(9-12)19(21,22)23/h3-6,9-11H,2,7-8H2,1H3,(H,25,31). The summed E-state index contributed by atoms with van der Waals surface area (Å²) in [5.41, 5.74) is -0.846. The molecule has 172 valence electrons. The Balaban J connectivity index is 2.07. The van der Waals surface area contributed by atoms with E-state index in [-0.39, 0.29) is 28.6 Å². The summed E-state index contributed by atoms with van der Waals surface area (Å²) in [6, 6.07) is 6.31. The average molecular weight is 508 g/mol. The van der Waals surface area contributed by atoms with Crippen molar-refractivity contribution in [2.24, 2.45) is 0 Å². The second kappa shape index (κ2) is 9.61. The lowest BCUT2D eigenvalue weighted by Crippen LogP contribution is -2.11. The van der Waals surface area contributed by atoms with Gasteiger partial charge in [0, 0.05) is 12.7 Å². The van der Waals surface area contributed by atoms with E-state index in [0.29, 0.717) is 18.4 Å². The van der Waals surface area contributed by atoms with E-state index in [0.717, 1.165) is 12.1 Å². The van der Waals surface area contributed by atoms with Crippen LogP contribution in [0.25, 0.3) is 5.69 Å². The molecule has 2 aromatic carbocycles. The number of alkyl halides is 3. The van der Waals surface area contributed by atoms with Crippen LogP contribution in [0.3, 0.4) is 0 Å². The predicted octanol–water partition coefficient (Wildman–Crippen LogP) is 4.85. The van der Waals surface area contributed by atoms with E-state index in [1.54, 1.807) is 0 Å². The van der Waals surface area contributed by atoms with Crippen molar-refractivity contribution in [2.75, 3.05) is 19.8 Å². The van der Waals surface area contributed by atoms with Gasteiger partial charge in [-0.05, 0) is 49.5 Å². The third-order valence-corrected chi connectivity index (χ3v) is 6.66. The zero-order chi connectivity index (χ0) is 23.5. The Hall–Kier alpha value is -2.41. The van der Waals surface area contributed by atoms with E-state index in [1.807, 2.05) is 6.92 Å². The highest BCUT2D eigenvalue weighted by Crippen LogP contribution is 2.37. The smallest absolute Gasteiger partial charge is 0.417 e. The maximum absolute atomic E-state index is 13.2. The van der Waals surface area contributed by atoms with Crippen LogP contribution in [0.5, 0.6) is 5.75 Å². The highest BCUT2D eigenvalue weighted by Gasteiger charge is 2.35. The van der Waals surface area contributed by atoms with E-state index >= 15 is 0 Å². The van der Waals surface area contributed by atoms with E-state index in [4.69, 9.17) is 33.3 Å². The fourth-order valence-electron chi connectivity index (χ4n) is 2.78. The van der Waals surface area contributed by atoms with Gasteiger partial charge < -0.3 is 9.47 Å². The summed E-state index contributed by atoms with van der Waals surface area (Å²) < 4.78 is 78.4. The first-order valence-electron chi connectivity index (χ1n) is 9.14. The second-order valence-corrected chi connectivity index (χ2v) is 9.09. The average Bonchev–Trinajstić information content (AvgIpc) is 3.16. The fraction of sp³-hybridized carbons (Fsp3) is 0.263. The van der Waals surface area contributed by atoms with Crippen LogP contribution in [-0.2, 0) is 20.8 Å². The van der Waals surface area contributed by atoms with Gasteiger partial charge in [0.25, 0.3) is 0 Å². The van der Waals surface area contributed by atoms with Crippen molar-refractivity contribution < 1.29 is 31.1 Å². The molecule has 1 N–H and O–H groups in total. The molecule has 0 fully saturated rings. The van der Waals surface area contributed by atoms with Gasteiger partial charge in [-0.3, -0.25) is 9.67 Å². The van der Waals surface area contributed by atoms with E-state index in [9.17, 15) is 21.6 Å². The number of aromatic amines is 1. The van der Waals surface area contributed by atoms with Crippen LogP contribution in [0.1, 0.15) is 12.5 Å². The molecule has 0 spiro atoms. The van der Waals surface area contributed by atoms with Crippen LogP contribution in [0.15, 0.2) is 52.5 Å². The number of sulfone groups is 1. The van der Waals surface area contributed by atoms with Gasteiger partial charge in [-0.25, -0.2) is 8.42 Å². The number of rotatable bonds is 8. The number of hydrogen-bond acceptors (Lipinski definition) is 6. The Bertz CT molecular complexity index is 1270. The topological polar surface area (TPSA) is 86.2 Å². The first kappa shape index (κ1) is 24.2. The zero-order valence-electron chi connectivity index (χ0n) is 16.5. The minimum absolute atomic E-state index is 0.106. The molecule has 0 bridgehead atoms. The lowest BCUT2D eigenvalue weighted by Gasteiger charge is -2.15. The Morgan fingerprint density at radius 3 is 2.47 bits per heavy atom. The fourth-order valence-corrected chi connectivity index (χ4v) is 4.50. The molecule has 0 atom stereocenters. The predicted molar refractivity (Wildman–Crippen MR) is 113 cm³/mol. The summed E-state index contributed by atoms with van der Waals surface area (Å²) in [6.07, 6.45) is -3.42. The molecule has 1 heterocycles. The van der Waals surface area contributed by atoms with Gasteiger partial charge in [-0.2, -0.15) is 18.3 Å². The van der Waals surface area contributed by atoms with Crippen molar-refractivity contribution in [1.82, 2.24) is 14.8 Å².